The van der Waals surface area contributed by atoms with Crippen molar-refractivity contribution in [1.82, 2.24) is 0 Å². The van der Waals surface area contributed by atoms with Crippen molar-refractivity contribution in [1.29, 1.82) is 0 Å². The maximum absolute atomic E-state index is 14.6. The third kappa shape index (κ3) is 36.1. The van der Waals surface area contributed by atoms with Crippen LogP contribution in [0.5, 0.6) is 51.7 Å². The standard InChI is InChI=1S/C95H132O11/c1-5-9-13-17-21-25-29-33-37-41-69-98-85-57-45-78(46-58-85)75-102-91-73-84(95(97)106-90-67-53-82(54-68-90)81-51-65-89(66-52-81)105-94(96)83-55-63-88(64-56-83)101-72-44-40-36-32-28-24-20-16-12-8-4)74-92(103-76-79-47-59-86(60-48-79)99-70-42-38-34-30-26-22-18-14-10-6-2)93(91)104-77-80-49-61-87(62-50-80)100-71-43-39-35-31-27-23-19-15-11-7-3/h45-68,73-74H,5-44,69-72,75-77H2,1-4H3. The van der Waals surface area contributed by atoms with Gasteiger partial charge in [0.1, 0.15) is 54.3 Å². The van der Waals surface area contributed by atoms with E-state index in [0.29, 0.717) is 60.7 Å². The van der Waals surface area contributed by atoms with Crippen molar-refractivity contribution in [2.45, 2.75) is 304 Å². The minimum Gasteiger partial charge on any atom is -0.494 e. The zero-order valence-corrected chi connectivity index (χ0v) is 65.7. The molecule has 0 fully saturated rings. The maximum Gasteiger partial charge on any atom is 0.343 e. The number of benzene rings is 7. The van der Waals surface area contributed by atoms with Gasteiger partial charge in [-0.2, -0.15) is 0 Å². The Labute approximate surface area is 639 Å². The first kappa shape index (κ1) is 85.3. The van der Waals surface area contributed by atoms with Gasteiger partial charge in [-0.15, -0.1) is 0 Å². The molecule has 0 unspecified atom stereocenters. The molecule has 0 N–H and O–H groups in total. The Morgan fingerprint density at radius 1 is 0.226 bits per heavy atom. The molecular formula is C95H132O11. The monoisotopic (exact) mass is 1450 g/mol. The van der Waals surface area contributed by atoms with Crippen LogP contribution in [0.4, 0.5) is 0 Å². The Morgan fingerprint density at radius 2 is 0.453 bits per heavy atom. The molecule has 0 bridgehead atoms. The molecule has 0 saturated carbocycles. The summed E-state index contributed by atoms with van der Waals surface area (Å²) in [5.74, 6) is 3.91. The van der Waals surface area contributed by atoms with Crippen LogP contribution in [0.1, 0.15) is 322 Å². The van der Waals surface area contributed by atoms with E-state index in [4.69, 9.17) is 42.6 Å². The van der Waals surface area contributed by atoms with Gasteiger partial charge < -0.3 is 42.6 Å². The molecule has 0 radical (unpaired) electrons. The molecule has 0 aliphatic heterocycles. The summed E-state index contributed by atoms with van der Waals surface area (Å²) in [5.41, 5.74) is 5.18. The molecule has 0 saturated heterocycles. The van der Waals surface area contributed by atoms with Gasteiger partial charge in [-0.3, -0.25) is 0 Å². The van der Waals surface area contributed by atoms with Crippen molar-refractivity contribution >= 4 is 11.9 Å². The largest absolute Gasteiger partial charge is 0.494 e. The summed E-state index contributed by atoms with van der Waals surface area (Å²) < 4.78 is 56.7. The lowest BCUT2D eigenvalue weighted by Crippen LogP contribution is -2.11. The molecule has 0 aromatic heterocycles. The lowest BCUT2D eigenvalue weighted by molar-refractivity contribution is 0.0724. The summed E-state index contributed by atoms with van der Waals surface area (Å²) in [4.78, 5) is 27.8. The Hall–Kier alpha value is -7.92. The molecule has 7 rings (SSSR count). The third-order valence-corrected chi connectivity index (χ3v) is 19.8. The average molecular weight is 1450 g/mol. The highest BCUT2D eigenvalue weighted by atomic mass is 16.6. The van der Waals surface area contributed by atoms with Crippen LogP contribution in [0.2, 0.25) is 0 Å². The third-order valence-electron chi connectivity index (χ3n) is 19.8. The predicted octanol–water partition coefficient (Wildman–Crippen LogP) is 27.7. The highest BCUT2D eigenvalue weighted by molar-refractivity contribution is 5.93. The minimum atomic E-state index is -0.604. The summed E-state index contributed by atoms with van der Waals surface area (Å²) in [7, 11) is 0. The zero-order valence-electron chi connectivity index (χ0n) is 65.7. The van der Waals surface area contributed by atoms with Gasteiger partial charge in [0, 0.05) is 0 Å². The average Bonchev–Trinajstić information content (AvgIpc) is 0.812. The number of unbranched alkanes of at least 4 members (excludes halogenated alkanes) is 36. The minimum absolute atomic E-state index is 0.173. The number of hydrogen-bond acceptors (Lipinski definition) is 11. The fourth-order valence-electron chi connectivity index (χ4n) is 13.1. The SMILES string of the molecule is CCCCCCCCCCCCOc1ccc(COc2cc(C(=O)Oc3ccc(-c4ccc(OC(=O)c5ccc(OCCCCCCCCCCCC)cc5)cc4)cc3)cc(OCc3ccc(OCCCCCCCCCCCC)cc3)c2OCc2ccc(OCCCCCCCCCCCC)cc2)cc1. The number of carbonyl (C=O) groups is 2. The van der Waals surface area contributed by atoms with Gasteiger partial charge in [0.25, 0.3) is 0 Å². The number of rotatable bonds is 62. The van der Waals surface area contributed by atoms with E-state index in [1.165, 1.54) is 225 Å². The van der Waals surface area contributed by atoms with Gasteiger partial charge in [-0.1, -0.05) is 320 Å². The van der Waals surface area contributed by atoms with Gasteiger partial charge in [-0.05, 0) is 151 Å². The predicted molar refractivity (Wildman–Crippen MR) is 436 cm³/mol. The molecule has 0 aliphatic rings. The van der Waals surface area contributed by atoms with E-state index in [1.807, 2.05) is 109 Å². The van der Waals surface area contributed by atoms with Gasteiger partial charge in [-0.25, -0.2) is 9.59 Å². The quantitative estimate of drug-likeness (QED) is 0.0206. The van der Waals surface area contributed by atoms with Crippen molar-refractivity contribution in [2.75, 3.05) is 26.4 Å². The van der Waals surface area contributed by atoms with Crippen LogP contribution < -0.4 is 42.6 Å². The fourth-order valence-corrected chi connectivity index (χ4v) is 13.1. The Kier molecular flexibility index (Phi) is 44.0. The number of ether oxygens (including phenoxy) is 9. The molecule has 0 heterocycles. The lowest BCUT2D eigenvalue weighted by Gasteiger charge is -2.19. The first-order valence-electron chi connectivity index (χ1n) is 41.9. The van der Waals surface area contributed by atoms with Crippen molar-refractivity contribution in [2.24, 2.45) is 0 Å². The van der Waals surface area contributed by atoms with Crippen LogP contribution in [0.15, 0.2) is 158 Å². The summed E-state index contributed by atoms with van der Waals surface area (Å²) >= 11 is 0. The van der Waals surface area contributed by atoms with E-state index in [1.54, 1.807) is 48.5 Å². The number of carbonyl (C=O) groups excluding carboxylic acids is 2. The van der Waals surface area contributed by atoms with Crippen LogP contribution in [-0.2, 0) is 19.8 Å². The van der Waals surface area contributed by atoms with Crippen molar-refractivity contribution < 1.29 is 52.2 Å². The molecule has 106 heavy (non-hydrogen) atoms. The number of esters is 2. The molecule has 7 aromatic carbocycles. The van der Waals surface area contributed by atoms with E-state index >= 15 is 0 Å². The molecular weight excluding hydrogens is 1320 g/mol. The zero-order chi connectivity index (χ0) is 74.4. The first-order chi connectivity index (χ1) is 52.3. The second-order valence-corrected chi connectivity index (χ2v) is 29.1. The molecule has 11 nitrogen and oxygen atoms in total. The summed E-state index contributed by atoms with van der Waals surface area (Å²) in [5, 5.41) is 0. The van der Waals surface area contributed by atoms with Gasteiger partial charge in [0.15, 0.2) is 11.5 Å². The first-order valence-corrected chi connectivity index (χ1v) is 41.9. The van der Waals surface area contributed by atoms with Crippen LogP contribution in [0.25, 0.3) is 11.1 Å². The second-order valence-electron chi connectivity index (χ2n) is 29.1. The van der Waals surface area contributed by atoms with Crippen LogP contribution in [-0.4, -0.2) is 38.4 Å². The van der Waals surface area contributed by atoms with Gasteiger partial charge in [0.2, 0.25) is 5.75 Å². The van der Waals surface area contributed by atoms with Crippen molar-refractivity contribution in [3.8, 4) is 62.9 Å². The highest BCUT2D eigenvalue weighted by Gasteiger charge is 2.22. The fraction of sp³-hybridized carbons (Fsp3) is 0.537. The Morgan fingerprint density at radius 3 is 0.726 bits per heavy atom. The summed E-state index contributed by atoms with van der Waals surface area (Å²) in [6.45, 7) is 12.3. The molecule has 0 amide bonds. The smallest absolute Gasteiger partial charge is 0.343 e. The molecule has 578 valence electrons. The topological polar surface area (TPSA) is 117 Å². The molecule has 7 aromatic rings. The molecule has 11 heteroatoms. The Balaban J connectivity index is 1.01. The molecule has 0 atom stereocenters. The van der Waals surface area contributed by atoms with E-state index < -0.39 is 11.9 Å². The van der Waals surface area contributed by atoms with E-state index in [2.05, 4.69) is 27.7 Å². The van der Waals surface area contributed by atoms with E-state index in [9.17, 15) is 9.59 Å². The lowest BCUT2D eigenvalue weighted by atomic mass is 10.1. The summed E-state index contributed by atoms with van der Waals surface area (Å²) in [6, 6.07) is 49.2. The molecule has 0 aliphatic carbocycles. The second kappa shape index (κ2) is 54.6. The van der Waals surface area contributed by atoms with Crippen molar-refractivity contribution in [3.05, 3.63) is 186 Å². The van der Waals surface area contributed by atoms with Gasteiger partial charge >= 0.3 is 11.9 Å². The van der Waals surface area contributed by atoms with Crippen LogP contribution in [0.3, 0.4) is 0 Å². The van der Waals surface area contributed by atoms with E-state index in [0.717, 1.165) is 82.9 Å². The van der Waals surface area contributed by atoms with E-state index in [-0.39, 0.29) is 25.4 Å². The van der Waals surface area contributed by atoms with Crippen LogP contribution >= 0.6 is 0 Å². The van der Waals surface area contributed by atoms with Gasteiger partial charge in [0.05, 0.1) is 37.6 Å². The maximum atomic E-state index is 14.6. The van der Waals surface area contributed by atoms with Crippen LogP contribution in [0, 0.1) is 0 Å². The van der Waals surface area contributed by atoms with Crippen molar-refractivity contribution in [3.63, 3.8) is 0 Å². The Bertz CT molecular complexity index is 3270. The normalized spacial score (nSPS) is 11.2. The number of hydrogen-bond donors (Lipinski definition) is 0. The summed E-state index contributed by atoms with van der Waals surface area (Å²) in [6.07, 6.45) is 51.0. The highest BCUT2D eigenvalue weighted by Crippen LogP contribution is 2.41. The molecule has 0 spiro atoms.